The van der Waals surface area contributed by atoms with Crippen molar-refractivity contribution >= 4 is 15.9 Å². The summed E-state index contributed by atoms with van der Waals surface area (Å²) in [7, 11) is -2.51. The Morgan fingerprint density at radius 2 is 1.95 bits per heavy atom. The van der Waals surface area contributed by atoms with Crippen LogP contribution in [0.25, 0.3) is 0 Å². The standard InChI is InChI=1S/C13H15F3N2O3S/c1-17-22(20,21)7-12(19)18-11-6-9(11)8-4-2-3-5-10(8)13(14,15)16/h2-5,9,11,17H,6-7H2,1H3,(H,18,19)/t9-,11+/m1/s1. The fourth-order valence-corrected chi connectivity index (χ4v) is 2.84. The summed E-state index contributed by atoms with van der Waals surface area (Å²) in [5, 5.41) is 2.45. The van der Waals surface area contributed by atoms with E-state index in [1.54, 1.807) is 0 Å². The van der Waals surface area contributed by atoms with Crippen LogP contribution in [0.4, 0.5) is 13.2 Å². The Kier molecular flexibility index (Phi) is 4.48. The van der Waals surface area contributed by atoms with Gasteiger partial charge in [-0.2, -0.15) is 13.2 Å². The van der Waals surface area contributed by atoms with Crippen LogP contribution < -0.4 is 10.0 Å². The largest absolute Gasteiger partial charge is 0.416 e. The van der Waals surface area contributed by atoms with E-state index in [-0.39, 0.29) is 5.56 Å². The number of benzene rings is 1. The highest BCUT2D eigenvalue weighted by atomic mass is 32.2. The number of carbonyl (C=O) groups is 1. The van der Waals surface area contributed by atoms with E-state index in [4.69, 9.17) is 0 Å². The highest BCUT2D eigenvalue weighted by Gasteiger charge is 2.45. The maximum Gasteiger partial charge on any atom is 0.416 e. The number of carbonyl (C=O) groups excluding carboxylic acids is 1. The first-order valence-corrected chi connectivity index (χ1v) is 8.16. The van der Waals surface area contributed by atoms with Crippen molar-refractivity contribution in [1.82, 2.24) is 10.0 Å². The number of alkyl halides is 3. The summed E-state index contributed by atoms with van der Waals surface area (Å²) in [6.45, 7) is 0. The van der Waals surface area contributed by atoms with Gasteiger partial charge < -0.3 is 5.32 Å². The molecule has 22 heavy (non-hydrogen) atoms. The molecule has 1 aromatic rings. The average molecular weight is 336 g/mol. The first-order valence-electron chi connectivity index (χ1n) is 6.51. The molecule has 0 heterocycles. The highest BCUT2D eigenvalue weighted by Crippen LogP contribution is 2.46. The molecular formula is C13H15F3N2O3S. The van der Waals surface area contributed by atoms with Crippen LogP contribution in [0, 0.1) is 0 Å². The van der Waals surface area contributed by atoms with Crippen LogP contribution in [0.3, 0.4) is 0 Å². The molecule has 1 fully saturated rings. The SMILES string of the molecule is CNS(=O)(=O)CC(=O)N[C@H]1C[C@@H]1c1ccccc1C(F)(F)F. The van der Waals surface area contributed by atoms with Crippen molar-refractivity contribution in [2.45, 2.75) is 24.6 Å². The predicted molar refractivity (Wildman–Crippen MR) is 73.6 cm³/mol. The molecule has 2 N–H and O–H groups in total. The minimum absolute atomic E-state index is 0.122. The molecule has 2 rings (SSSR count). The smallest absolute Gasteiger partial charge is 0.352 e. The minimum atomic E-state index is -4.46. The van der Waals surface area contributed by atoms with Crippen LogP contribution >= 0.6 is 0 Å². The van der Waals surface area contributed by atoms with E-state index in [1.807, 2.05) is 4.72 Å². The maximum absolute atomic E-state index is 12.9. The van der Waals surface area contributed by atoms with Crippen molar-refractivity contribution in [2.75, 3.05) is 12.8 Å². The molecule has 0 radical (unpaired) electrons. The highest BCUT2D eigenvalue weighted by molar-refractivity contribution is 7.90. The van der Waals surface area contributed by atoms with Crippen molar-refractivity contribution in [3.8, 4) is 0 Å². The van der Waals surface area contributed by atoms with E-state index in [0.29, 0.717) is 6.42 Å². The van der Waals surface area contributed by atoms with Crippen molar-refractivity contribution in [3.63, 3.8) is 0 Å². The molecule has 1 aliphatic rings. The molecule has 1 aliphatic carbocycles. The summed E-state index contributed by atoms with van der Waals surface area (Å²) in [5.41, 5.74) is -0.601. The van der Waals surface area contributed by atoms with Gasteiger partial charge in [0.25, 0.3) is 0 Å². The lowest BCUT2D eigenvalue weighted by Crippen LogP contribution is -2.36. The third kappa shape index (κ3) is 3.98. The molecule has 0 bridgehead atoms. The lowest BCUT2D eigenvalue weighted by atomic mass is 10.0. The van der Waals surface area contributed by atoms with E-state index >= 15 is 0 Å². The van der Waals surface area contributed by atoms with Gasteiger partial charge in [0.2, 0.25) is 15.9 Å². The summed E-state index contributed by atoms with van der Waals surface area (Å²) in [4.78, 5) is 11.6. The monoisotopic (exact) mass is 336 g/mol. The van der Waals surface area contributed by atoms with E-state index in [2.05, 4.69) is 5.32 Å². The van der Waals surface area contributed by atoms with Crippen LogP contribution in [0.5, 0.6) is 0 Å². The van der Waals surface area contributed by atoms with Gasteiger partial charge in [-0.15, -0.1) is 0 Å². The molecule has 122 valence electrons. The van der Waals surface area contributed by atoms with Gasteiger partial charge in [0.05, 0.1) is 5.56 Å². The number of sulfonamides is 1. The summed E-state index contributed by atoms with van der Waals surface area (Å²) >= 11 is 0. The van der Waals surface area contributed by atoms with Gasteiger partial charge in [0.15, 0.2) is 0 Å². The van der Waals surface area contributed by atoms with Gasteiger partial charge in [0.1, 0.15) is 5.75 Å². The van der Waals surface area contributed by atoms with Crippen molar-refractivity contribution in [2.24, 2.45) is 0 Å². The number of amides is 1. The maximum atomic E-state index is 12.9. The second-order valence-corrected chi connectivity index (χ2v) is 6.99. The molecule has 1 amide bonds. The summed E-state index contributed by atoms with van der Waals surface area (Å²) in [6.07, 6.45) is -4.10. The molecule has 0 aliphatic heterocycles. The lowest BCUT2D eigenvalue weighted by Gasteiger charge is -2.12. The zero-order chi connectivity index (χ0) is 16.5. The minimum Gasteiger partial charge on any atom is -0.352 e. The van der Waals surface area contributed by atoms with Crippen LogP contribution in [0.2, 0.25) is 0 Å². The number of halogens is 3. The number of hydrogen-bond donors (Lipinski definition) is 2. The van der Waals surface area contributed by atoms with E-state index < -0.39 is 45.4 Å². The van der Waals surface area contributed by atoms with Gasteiger partial charge in [0, 0.05) is 12.0 Å². The Balaban J connectivity index is 2.04. The van der Waals surface area contributed by atoms with Crippen molar-refractivity contribution in [3.05, 3.63) is 35.4 Å². The lowest BCUT2D eigenvalue weighted by molar-refractivity contribution is -0.138. The molecule has 1 aromatic carbocycles. The Hall–Kier alpha value is -1.61. The Morgan fingerprint density at radius 3 is 2.55 bits per heavy atom. The van der Waals surface area contributed by atoms with Crippen LogP contribution in [0.1, 0.15) is 23.5 Å². The molecule has 0 aromatic heterocycles. The van der Waals surface area contributed by atoms with Gasteiger partial charge in [-0.05, 0) is 25.1 Å². The number of nitrogens with one attached hydrogen (secondary N) is 2. The average Bonchev–Trinajstić information content (AvgIpc) is 3.16. The normalized spacial score (nSPS) is 21.5. The van der Waals surface area contributed by atoms with Crippen molar-refractivity contribution in [1.29, 1.82) is 0 Å². The van der Waals surface area contributed by atoms with Crippen LogP contribution in [0.15, 0.2) is 24.3 Å². The topological polar surface area (TPSA) is 75.3 Å². The molecule has 2 atom stereocenters. The van der Waals surface area contributed by atoms with Gasteiger partial charge in [-0.3, -0.25) is 4.79 Å². The third-order valence-electron chi connectivity index (χ3n) is 3.43. The Bertz CT molecular complexity index is 673. The first-order chi connectivity index (χ1) is 10.1. The van der Waals surface area contributed by atoms with Crippen LogP contribution in [-0.4, -0.2) is 33.2 Å². The zero-order valence-electron chi connectivity index (χ0n) is 11.6. The second kappa shape index (κ2) is 5.88. The quantitative estimate of drug-likeness (QED) is 0.849. The fourth-order valence-electron chi connectivity index (χ4n) is 2.27. The molecule has 0 unspecified atom stereocenters. The Morgan fingerprint density at radius 1 is 1.32 bits per heavy atom. The Labute approximate surface area is 125 Å². The zero-order valence-corrected chi connectivity index (χ0v) is 12.5. The molecule has 9 heteroatoms. The predicted octanol–water partition coefficient (Wildman–Crippen LogP) is 1.23. The van der Waals surface area contributed by atoms with Crippen LogP contribution in [-0.2, 0) is 21.0 Å². The third-order valence-corrected chi connectivity index (χ3v) is 4.70. The first kappa shape index (κ1) is 16.8. The molecule has 5 nitrogen and oxygen atoms in total. The van der Waals surface area contributed by atoms with Gasteiger partial charge >= 0.3 is 6.18 Å². The van der Waals surface area contributed by atoms with E-state index in [1.165, 1.54) is 25.2 Å². The van der Waals surface area contributed by atoms with Gasteiger partial charge in [-0.1, -0.05) is 18.2 Å². The van der Waals surface area contributed by atoms with Crippen molar-refractivity contribution < 1.29 is 26.4 Å². The van der Waals surface area contributed by atoms with E-state index in [9.17, 15) is 26.4 Å². The molecule has 0 spiro atoms. The fraction of sp³-hybridized carbons (Fsp3) is 0.462. The van der Waals surface area contributed by atoms with Gasteiger partial charge in [-0.25, -0.2) is 13.1 Å². The molecular weight excluding hydrogens is 321 g/mol. The van der Waals surface area contributed by atoms with E-state index in [0.717, 1.165) is 6.07 Å². The number of rotatable bonds is 5. The molecule has 0 saturated heterocycles. The molecule has 1 saturated carbocycles. The summed E-state index contributed by atoms with van der Waals surface area (Å²) in [5.74, 6) is -1.92. The second-order valence-electron chi connectivity index (χ2n) is 5.06. The summed E-state index contributed by atoms with van der Waals surface area (Å²) in [6, 6.07) is 4.72. The summed E-state index contributed by atoms with van der Waals surface area (Å²) < 4.78 is 63.2. The number of hydrogen-bond acceptors (Lipinski definition) is 3.